The summed E-state index contributed by atoms with van der Waals surface area (Å²) >= 11 is 0. The first-order valence-electron chi connectivity index (χ1n) is 8.48. The number of rotatable bonds is 3. The molecule has 1 aliphatic carbocycles. The van der Waals surface area contributed by atoms with Gasteiger partial charge in [-0.05, 0) is 32.6 Å². The van der Waals surface area contributed by atoms with E-state index in [1.807, 2.05) is 17.9 Å². The van der Waals surface area contributed by atoms with Crippen LogP contribution in [0.4, 0.5) is 4.79 Å². The molecule has 0 radical (unpaired) electrons. The first-order chi connectivity index (χ1) is 11.1. The first kappa shape index (κ1) is 16.3. The van der Waals surface area contributed by atoms with E-state index in [0.717, 1.165) is 69.9 Å². The lowest BCUT2D eigenvalue weighted by Crippen LogP contribution is -2.53. The van der Waals surface area contributed by atoms with Crippen molar-refractivity contribution < 1.29 is 14.4 Å². The molecule has 1 saturated carbocycles. The van der Waals surface area contributed by atoms with Crippen molar-refractivity contribution in [3.05, 3.63) is 17.5 Å². The summed E-state index contributed by atoms with van der Waals surface area (Å²) in [6, 6.07) is 2.20. The van der Waals surface area contributed by atoms with Gasteiger partial charge in [0.1, 0.15) is 5.76 Å². The minimum Gasteiger partial charge on any atom is -0.393 e. The monoisotopic (exact) mass is 322 g/mol. The Morgan fingerprint density at radius 2 is 2.00 bits per heavy atom. The Balaban J connectivity index is 1.40. The van der Waals surface area contributed by atoms with Crippen molar-refractivity contribution in [2.75, 3.05) is 26.2 Å². The molecule has 2 N–H and O–H groups in total. The summed E-state index contributed by atoms with van der Waals surface area (Å²) in [6.45, 7) is 5.83. The molecule has 0 atom stereocenters. The smallest absolute Gasteiger partial charge is 0.317 e. The highest BCUT2D eigenvalue weighted by Crippen LogP contribution is 2.18. The molecule has 0 bridgehead atoms. The Bertz CT molecular complexity index is 517. The summed E-state index contributed by atoms with van der Waals surface area (Å²) in [5, 5.41) is 16.6. The summed E-state index contributed by atoms with van der Waals surface area (Å²) in [7, 11) is 0. The molecule has 7 nitrogen and oxygen atoms in total. The summed E-state index contributed by atoms with van der Waals surface area (Å²) in [6.07, 6.45) is 3.13. The number of carbonyl (C=O) groups excluding carboxylic acids is 1. The first-order valence-corrected chi connectivity index (χ1v) is 8.48. The predicted molar refractivity (Wildman–Crippen MR) is 84.9 cm³/mol. The number of carbonyl (C=O) groups is 1. The largest absolute Gasteiger partial charge is 0.393 e. The molecule has 2 fully saturated rings. The van der Waals surface area contributed by atoms with E-state index in [1.165, 1.54) is 0 Å². The molecule has 3 rings (SSSR count). The van der Waals surface area contributed by atoms with Gasteiger partial charge in [0.15, 0.2) is 0 Å². The summed E-state index contributed by atoms with van der Waals surface area (Å²) in [5.41, 5.74) is 0.946. The Morgan fingerprint density at radius 3 is 2.61 bits per heavy atom. The Morgan fingerprint density at radius 1 is 1.30 bits per heavy atom. The highest BCUT2D eigenvalue weighted by Gasteiger charge is 2.25. The SMILES string of the molecule is Cc1cc(CN2CCN(C(=O)NC3CCC(O)CC3)CC2)no1. The van der Waals surface area contributed by atoms with E-state index in [-0.39, 0.29) is 18.2 Å². The van der Waals surface area contributed by atoms with Crippen molar-refractivity contribution in [2.24, 2.45) is 0 Å². The van der Waals surface area contributed by atoms with Gasteiger partial charge in [-0.1, -0.05) is 5.16 Å². The minimum atomic E-state index is -0.188. The Hall–Kier alpha value is -1.60. The van der Waals surface area contributed by atoms with Gasteiger partial charge >= 0.3 is 6.03 Å². The van der Waals surface area contributed by atoms with Gasteiger partial charge in [0.25, 0.3) is 0 Å². The fourth-order valence-corrected chi connectivity index (χ4v) is 3.32. The van der Waals surface area contributed by atoms with Gasteiger partial charge in [-0.3, -0.25) is 4.90 Å². The van der Waals surface area contributed by atoms with Gasteiger partial charge in [0.2, 0.25) is 0 Å². The van der Waals surface area contributed by atoms with Crippen molar-refractivity contribution in [3.63, 3.8) is 0 Å². The summed E-state index contributed by atoms with van der Waals surface area (Å²) < 4.78 is 5.09. The van der Waals surface area contributed by atoms with Crippen LogP contribution in [0, 0.1) is 6.92 Å². The lowest BCUT2D eigenvalue weighted by molar-refractivity contribution is 0.108. The number of amides is 2. The molecule has 0 spiro atoms. The number of nitrogens with zero attached hydrogens (tertiary/aromatic N) is 3. The van der Waals surface area contributed by atoms with E-state index in [1.54, 1.807) is 0 Å². The van der Waals surface area contributed by atoms with Crippen molar-refractivity contribution in [1.82, 2.24) is 20.3 Å². The molecule has 23 heavy (non-hydrogen) atoms. The molecule has 128 valence electrons. The Labute approximate surface area is 136 Å². The van der Waals surface area contributed by atoms with Crippen LogP contribution in [0.5, 0.6) is 0 Å². The van der Waals surface area contributed by atoms with Gasteiger partial charge in [-0.2, -0.15) is 0 Å². The number of urea groups is 1. The second kappa shape index (κ2) is 7.31. The highest BCUT2D eigenvalue weighted by molar-refractivity contribution is 5.74. The van der Waals surface area contributed by atoms with Gasteiger partial charge in [-0.15, -0.1) is 0 Å². The maximum absolute atomic E-state index is 12.3. The van der Waals surface area contributed by atoms with Crippen molar-refractivity contribution in [2.45, 2.75) is 51.3 Å². The van der Waals surface area contributed by atoms with Crippen LogP contribution < -0.4 is 5.32 Å². The van der Waals surface area contributed by atoms with E-state index in [4.69, 9.17) is 4.52 Å². The topological polar surface area (TPSA) is 81.8 Å². The standard InChI is InChI=1S/C16H26N4O3/c1-12-10-14(18-23-12)11-19-6-8-20(9-7-19)16(22)17-13-2-4-15(21)5-3-13/h10,13,15,21H,2-9,11H2,1H3,(H,17,22). The molecule has 0 unspecified atom stereocenters. The third-order valence-electron chi connectivity index (χ3n) is 4.75. The number of hydrogen-bond acceptors (Lipinski definition) is 5. The second-order valence-electron chi connectivity index (χ2n) is 6.65. The normalized spacial score (nSPS) is 26.3. The number of aryl methyl sites for hydroxylation is 1. The molecule has 2 aliphatic rings. The van der Waals surface area contributed by atoms with Crippen LogP contribution in [0.1, 0.15) is 37.1 Å². The zero-order valence-corrected chi connectivity index (χ0v) is 13.7. The van der Waals surface area contributed by atoms with E-state index in [9.17, 15) is 9.90 Å². The Kier molecular flexibility index (Phi) is 5.17. The molecule has 1 aromatic heterocycles. The van der Waals surface area contributed by atoms with Gasteiger partial charge in [-0.25, -0.2) is 4.79 Å². The van der Waals surface area contributed by atoms with Crippen molar-refractivity contribution >= 4 is 6.03 Å². The quantitative estimate of drug-likeness (QED) is 0.871. The molecule has 0 aromatic carbocycles. The van der Waals surface area contributed by atoms with E-state index < -0.39 is 0 Å². The number of aliphatic hydroxyl groups is 1. The average Bonchev–Trinajstić information content (AvgIpc) is 2.95. The molecule has 7 heteroatoms. The number of hydrogen-bond donors (Lipinski definition) is 2. The average molecular weight is 322 g/mol. The molecule has 2 amide bonds. The molecule has 2 heterocycles. The van der Waals surface area contributed by atoms with Crippen LogP contribution in [0.15, 0.2) is 10.6 Å². The third kappa shape index (κ3) is 4.45. The zero-order chi connectivity index (χ0) is 16.2. The fraction of sp³-hybridized carbons (Fsp3) is 0.750. The number of piperazine rings is 1. The minimum absolute atomic E-state index is 0.0309. The lowest BCUT2D eigenvalue weighted by atomic mass is 9.93. The maximum atomic E-state index is 12.3. The molecular weight excluding hydrogens is 296 g/mol. The maximum Gasteiger partial charge on any atom is 0.317 e. The summed E-state index contributed by atoms with van der Waals surface area (Å²) in [5.74, 6) is 0.829. The van der Waals surface area contributed by atoms with E-state index >= 15 is 0 Å². The van der Waals surface area contributed by atoms with Crippen LogP contribution in [-0.2, 0) is 6.54 Å². The van der Waals surface area contributed by atoms with Crippen LogP contribution in [0.25, 0.3) is 0 Å². The van der Waals surface area contributed by atoms with Gasteiger partial charge in [0, 0.05) is 44.8 Å². The predicted octanol–water partition coefficient (Wildman–Crippen LogP) is 1.11. The van der Waals surface area contributed by atoms with Gasteiger partial charge < -0.3 is 19.8 Å². The molecule has 1 saturated heterocycles. The molecule has 1 aliphatic heterocycles. The number of nitrogens with one attached hydrogen (secondary N) is 1. The molecular formula is C16H26N4O3. The zero-order valence-electron chi connectivity index (χ0n) is 13.7. The number of aromatic nitrogens is 1. The van der Waals surface area contributed by atoms with Crippen LogP contribution in [0.3, 0.4) is 0 Å². The van der Waals surface area contributed by atoms with Crippen LogP contribution in [-0.4, -0.2) is 64.4 Å². The second-order valence-corrected chi connectivity index (χ2v) is 6.65. The number of aliphatic hydroxyl groups excluding tert-OH is 1. The third-order valence-corrected chi connectivity index (χ3v) is 4.75. The van der Waals surface area contributed by atoms with Crippen molar-refractivity contribution in [3.8, 4) is 0 Å². The highest BCUT2D eigenvalue weighted by atomic mass is 16.5. The van der Waals surface area contributed by atoms with Crippen molar-refractivity contribution in [1.29, 1.82) is 0 Å². The van der Waals surface area contributed by atoms with Gasteiger partial charge in [0.05, 0.1) is 11.8 Å². The lowest BCUT2D eigenvalue weighted by Gasteiger charge is -2.36. The van der Waals surface area contributed by atoms with Crippen LogP contribution in [0.2, 0.25) is 0 Å². The van der Waals surface area contributed by atoms with Crippen LogP contribution >= 0.6 is 0 Å². The van der Waals surface area contributed by atoms with E-state index in [0.29, 0.717) is 0 Å². The fourth-order valence-electron chi connectivity index (χ4n) is 3.32. The molecule has 1 aromatic rings. The van der Waals surface area contributed by atoms with E-state index in [2.05, 4.69) is 15.4 Å². The summed E-state index contributed by atoms with van der Waals surface area (Å²) in [4.78, 5) is 16.5.